The SMILES string of the molecule is CCN1C(CC(C)(C)C)C(c2ccc(Cl)cc2F)C(c2cccc(Cl)c2)C1C(=O)O. The Morgan fingerprint density at radius 3 is 2.30 bits per heavy atom. The number of hydrogen-bond acceptors (Lipinski definition) is 2. The van der Waals surface area contributed by atoms with Crippen molar-refractivity contribution >= 4 is 29.2 Å². The Balaban J connectivity index is 2.26. The van der Waals surface area contributed by atoms with Crippen LogP contribution in [0.3, 0.4) is 0 Å². The van der Waals surface area contributed by atoms with Crippen molar-refractivity contribution in [3.63, 3.8) is 0 Å². The fraction of sp³-hybridized carbons (Fsp3) is 0.458. The molecule has 3 rings (SSSR count). The van der Waals surface area contributed by atoms with Gasteiger partial charge in [-0.05, 0) is 53.8 Å². The average molecular weight is 452 g/mol. The number of likely N-dealkylation sites (N-methyl/N-ethyl adjacent to an activating group) is 1. The summed E-state index contributed by atoms with van der Waals surface area (Å²) in [5.41, 5.74) is 1.25. The van der Waals surface area contributed by atoms with Crippen LogP contribution in [-0.2, 0) is 4.79 Å². The van der Waals surface area contributed by atoms with E-state index in [2.05, 4.69) is 20.8 Å². The highest BCUT2D eigenvalue weighted by atomic mass is 35.5. The monoisotopic (exact) mass is 451 g/mol. The van der Waals surface area contributed by atoms with E-state index in [1.54, 1.807) is 24.3 Å². The maximum Gasteiger partial charge on any atom is 0.321 e. The lowest BCUT2D eigenvalue weighted by Gasteiger charge is -2.34. The van der Waals surface area contributed by atoms with Crippen molar-refractivity contribution < 1.29 is 14.3 Å². The molecule has 1 heterocycles. The third kappa shape index (κ3) is 4.66. The number of likely N-dealkylation sites (tertiary alicyclic amines) is 1. The van der Waals surface area contributed by atoms with Gasteiger partial charge in [0, 0.05) is 27.9 Å². The molecule has 2 aromatic carbocycles. The molecule has 0 radical (unpaired) electrons. The molecule has 6 heteroatoms. The summed E-state index contributed by atoms with van der Waals surface area (Å²) < 4.78 is 15.2. The van der Waals surface area contributed by atoms with Gasteiger partial charge in [0.05, 0.1) is 0 Å². The molecule has 1 aliphatic heterocycles. The van der Waals surface area contributed by atoms with E-state index in [-0.39, 0.29) is 17.4 Å². The molecule has 4 atom stereocenters. The van der Waals surface area contributed by atoms with Gasteiger partial charge in [-0.2, -0.15) is 0 Å². The Kier molecular flexibility index (Phi) is 6.81. The smallest absolute Gasteiger partial charge is 0.321 e. The van der Waals surface area contributed by atoms with Crippen LogP contribution < -0.4 is 0 Å². The van der Waals surface area contributed by atoms with Gasteiger partial charge in [0.1, 0.15) is 11.9 Å². The van der Waals surface area contributed by atoms with E-state index >= 15 is 4.39 Å². The van der Waals surface area contributed by atoms with Crippen molar-refractivity contribution in [2.75, 3.05) is 6.54 Å². The summed E-state index contributed by atoms with van der Waals surface area (Å²) >= 11 is 12.3. The summed E-state index contributed by atoms with van der Waals surface area (Å²) in [5, 5.41) is 11.1. The van der Waals surface area contributed by atoms with Crippen LogP contribution in [0.25, 0.3) is 0 Å². The summed E-state index contributed by atoms with van der Waals surface area (Å²) in [7, 11) is 0. The molecule has 30 heavy (non-hydrogen) atoms. The van der Waals surface area contributed by atoms with Crippen molar-refractivity contribution in [1.29, 1.82) is 0 Å². The summed E-state index contributed by atoms with van der Waals surface area (Å²) in [6.45, 7) is 8.89. The molecule has 2 aromatic rings. The predicted octanol–water partition coefficient (Wildman–Crippen LogP) is 6.59. The number of rotatable bonds is 5. The summed E-state index contributed by atoms with van der Waals surface area (Å²) in [5.74, 6) is -2.09. The van der Waals surface area contributed by atoms with Crippen LogP contribution in [0.2, 0.25) is 10.0 Å². The van der Waals surface area contributed by atoms with Gasteiger partial charge in [0.2, 0.25) is 0 Å². The molecule has 0 saturated carbocycles. The predicted molar refractivity (Wildman–Crippen MR) is 120 cm³/mol. The van der Waals surface area contributed by atoms with E-state index in [1.807, 2.05) is 24.0 Å². The minimum atomic E-state index is -0.905. The van der Waals surface area contributed by atoms with E-state index in [0.717, 1.165) is 12.0 Å². The fourth-order valence-electron chi connectivity index (χ4n) is 4.93. The highest BCUT2D eigenvalue weighted by Crippen LogP contribution is 2.51. The van der Waals surface area contributed by atoms with E-state index in [4.69, 9.17) is 23.2 Å². The second kappa shape index (κ2) is 8.86. The fourth-order valence-corrected chi connectivity index (χ4v) is 5.29. The van der Waals surface area contributed by atoms with E-state index in [9.17, 15) is 9.90 Å². The highest BCUT2D eigenvalue weighted by molar-refractivity contribution is 6.30. The van der Waals surface area contributed by atoms with Gasteiger partial charge < -0.3 is 5.11 Å². The summed E-state index contributed by atoms with van der Waals surface area (Å²) in [6.07, 6.45) is 0.731. The number of nitrogens with zero attached hydrogens (tertiary/aromatic N) is 1. The molecule has 0 bridgehead atoms. The summed E-state index contributed by atoms with van der Waals surface area (Å²) in [6, 6.07) is 11.0. The third-order valence-electron chi connectivity index (χ3n) is 5.92. The minimum Gasteiger partial charge on any atom is -0.480 e. The first kappa shape index (κ1) is 23.1. The number of carboxylic acids is 1. The Hall–Kier alpha value is -1.62. The Bertz CT molecular complexity index is 928. The van der Waals surface area contributed by atoms with Gasteiger partial charge in [0.25, 0.3) is 0 Å². The molecule has 1 fully saturated rings. The van der Waals surface area contributed by atoms with Crippen LogP contribution in [0, 0.1) is 11.2 Å². The van der Waals surface area contributed by atoms with E-state index in [1.165, 1.54) is 6.07 Å². The topological polar surface area (TPSA) is 40.5 Å². The first-order valence-electron chi connectivity index (χ1n) is 10.2. The van der Waals surface area contributed by atoms with Crippen molar-refractivity contribution in [1.82, 2.24) is 4.90 Å². The van der Waals surface area contributed by atoms with Gasteiger partial charge in [-0.1, -0.05) is 69.1 Å². The minimum absolute atomic E-state index is 0.0640. The largest absolute Gasteiger partial charge is 0.480 e. The molecule has 1 saturated heterocycles. The lowest BCUT2D eigenvalue weighted by atomic mass is 9.74. The second-order valence-corrected chi connectivity index (χ2v) is 10.1. The van der Waals surface area contributed by atoms with E-state index in [0.29, 0.717) is 22.2 Å². The Morgan fingerprint density at radius 2 is 1.77 bits per heavy atom. The Morgan fingerprint density at radius 1 is 1.10 bits per heavy atom. The van der Waals surface area contributed by atoms with Crippen molar-refractivity contribution in [2.24, 2.45) is 5.41 Å². The van der Waals surface area contributed by atoms with Gasteiger partial charge in [-0.15, -0.1) is 0 Å². The first-order chi connectivity index (χ1) is 14.0. The maximum absolute atomic E-state index is 15.2. The second-order valence-electron chi connectivity index (χ2n) is 9.22. The lowest BCUT2D eigenvalue weighted by Crippen LogP contribution is -2.43. The van der Waals surface area contributed by atoms with Crippen LogP contribution in [0.1, 0.15) is 57.1 Å². The number of benzene rings is 2. The maximum atomic E-state index is 15.2. The van der Waals surface area contributed by atoms with Crippen molar-refractivity contribution in [3.8, 4) is 0 Å². The molecule has 4 unspecified atom stereocenters. The number of carbonyl (C=O) groups is 1. The number of hydrogen-bond donors (Lipinski definition) is 1. The summed E-state index contributed by atoms with van der Waals surface area (Å²) in [4.78, 5) is 14.5. The Labute approximate surface area is 187 Å². The molecule has 0 aliphatic carbocycles. The number of aliphatic carboxylic acids is 1. The van der Waals surface area contributed by atoms with Gasteiger partial charge in [0.15, 0.2) is 0 Å². The zero-order chi connectivity index (χ0) is 22.2. The molecule has 0 aromatic heterocycles. The normalized spacial score (nSPS) is 24.9. The van der Waals surface area contributed by atoms with Crippen LogP contribution in [0.15, 0.2) is 42.5 Å². The van der Waals surface area contributed by atoms with Gasteiger partial charge in [-0.3, -0.25) is 9.69 Å². The molecular weight excluding hydrogens is 424 g/mol. The van der Waals surface area contributed by atoms with Crippen molar-refractivity contribution in [3.05, 3.63) is 69.5 Å². The third-order valence-corrected chi connectivity index (χ3v) is 6.39. The van der Waals surface area contributed by atoms with E-state index < -0.39 is 23.7 Å². The first-order valence-corrected chi connectivity index (χ1v) is 11.0. The van der Waals surface area contributed by atoms with Crippen LogP contribution in [0.4, 0.5) is 4.39 Å². The average Bonchev–Trinajstić information content (AvgIpc) is 2.94. The van der Waals surface area contributed by atoms with Crippen LogP contribution in [0.5, 0.6) is 0 Å². The molecule has 162 valence electrons. The molecule has 1 aliphatic rings. The molecule has 0 spiro atoms. The van der Waals surface area contributed by atoms with Crippen LogP contribution >= 0.6 is 23.2 Å². The van der Waals surface area contributed by atoms with Crippen molar-refractivity contribution in [2.45, 2.75) is 58.0 Å². The van der Waals surface area contributed by atoms with Gasteiger partial charge in [-0.25, -0.2) is 4.39 Å². The molecule has 1 N–H and O–H groups in total. The quantitative estimate of drug-likeness (QED) is 0.556. The zero-order valence-electron chi connectivity index (χ0n) is 17.7. The zero-order valence-corrected chi connectivity index (χ0v) is 19.2. The van der Waals surface area contributed by atoms with Crippen LogP contribution in [-0.4, -0.2) is 34.6 Å². The number of carboxylic acid groups (broad SMARTS) is 1. The molecular formula is C24H28Cl2FNO2. The molecule has 3 nitrogen and oxygen atoms in total. The highest BCUT2D eigenvalue weighted by Gasteiger charge is 2.53. The van der Waals surface area contributed by atoms with Gasteiger partial charge >= 0.3 is 5.97 Å². The lowest BCUT2D eigenvalue weighted by molar-refractivity contribution is -0.143. The standard InChI is InChI=1S/C24H28Cl2FNO2/c1-5-28-19(13-24(2,3)4)21(17-10-9-16(26)12-18(17)27)20(22(28)23(29)30)14-7-6-8-15(25)11-14/h6-12,19-22H,5,13H2,1-4H3,(H,29,30). The number of halogens is 3. The molecule has 0 amide bonds.